The molecule has 0 spiro atoms. The second-order valence-electron chi connectivity index (χ2n) is 6.92. The van der Waals surface area contributed by atoms with E-state index in [1.807, 2.05) is 24.6 Å². The van der Waals surface area contributed by atoms with Crippen molar-refractivity contribution in [3.63, 3.8) is 0 Å². The SMILES string of the molecule is CCc1cnc(CCNC(=NC)NCCN(CC2CC2)C2CC2)s1. The Morgan fingerprint density at radius 1 is 1.29 bits per heavy atom. The van der Waals surface area contributed by atoms with Crippen molar-refractivity contribution in [3.05, 3.63) is 16.1 Å². The molecule has 2 aliphatic rings. The van der Waals surface area contributed by atoms with Gasteiger partial charge < -0.3 is 10.6 Å². The van der Waals surface area contributed by atoms with Crippen LogP contribution in [-0.4, -0.2) is 55.1 Å². The highest BCUT2D eigenvalue weighted by Gasteiger charge is 2.33. The summed E-state index contributed by atoms with van der Waals surface area (Å²) in [5.74, 6) is 1.89. The lowest BCUT2D eigenvalue weighted by atomic mass is 10.3. The number of aromatic nitrogens is 1. The van der Waals surface area contributed by atoms with Gasteiger partial charge in [0.05, 0.1) is 5.01 Å². The predicted molar refractivity (Wildman–Crippen MR) is 102 cm³/mol. The smallest absolute Gasteiger partial charge is 0.191 e. The van der Waals surface area contributed by atoms with Crippen molar-refractivity contribution in [2.45, 2.75) is 51.5 Å². The molecule has 134 valence electrons. The fraction of sp³-hybridized carbons (Fsp3) is 0.778. The summed E-state index contributed by atoms with van der Waals surface area (Å²) in [5, 5.41) is 8.07. The van der Waals surface area contributed by atoms with Crippen molar-refractivity contribution in [1.29, 1.82) is 0 Å². The largest absolute Gasteiger partial charge is 0.356 e. The quantitative estimate of drug-likeness (QED) is 0.503. The first-order valence-electron chi connectivity index (χ1n) is 9.40. The van der Waals surface area contributed by atoms with Gasteiger partial charge in [0.25, 0.3) is 0 Å². The first-order valence-corrected chi connectivity index (χ1v) is 10.2. The summed E-state index contributed by atoms with van der Waals surface area (Å²) in [6, 6.07) is 0.861. The fourth-order valence-electron chi connectivity index (χ4n) is 2.95. The molecule has 1 heterocycles. The van der Waals surface area contributed by atoms with Crippen LogP contribution in [0.15, 0.2) is 11.2 Å². The Hall–Kier alpha value is -1.14. The summed E-state index contributed by atoms with van der Waals surface area (Å²) >= 11 is 1.82. The number of rotatable bonds is 10. The van der Waals surface area contributed by atoms with Crippen LogP contribution in [0.4, 0.5) is 0 Å². The van der Waals surface area contributed by atoms with Gasteiger partial charge in [-0.2, -0.15) is 0 Å². The zero-order valence-electron chi connectivity index (χ0n) is 15.1. The number of nitrogens with one attached hydrogen (secondary N) is 2. The van der Waals surface area contributed by atoms with Crippen molar-refractivity contribution < 1.29 is 0 Å². The van der Waals surface area contributed by atoms with Crippen molar-refractivity contribution in [3.8, 4) is 0 Å². The normalized spacial score (nSPS) is 18.2. The summed E-state index contributed by atoms with van der Waals surface area (Å²) in [6.45, 7) is 6.47. The third kappa shape index (κ3) is 5.74. The van der Waals surface area contributed by atoms with Crippen LogP contribution in [0.3, 0.4) is 0 Å². The van der Waals surface area contributed by atoms with Crippen LogP contribution in [0.25, 0.3) is 0 Å². The third-order valence-corrected chi connectivity index (χ3v) is 5.95. The Morgan fingerprint density at radius 2 is 2.08 bits per heavy atom. The van der Waals surface area contributed by atoms with Gasteiger partial charge in [0.1, 0.15) is 0 Å². The Bertz CT molecular complexity index is 533. The lowest BCUT2D eigenvalue weighted by molar-refractivity contribution is 0.256. The first kappa shape index (κ1) is 17.7. The fourth-order valence-corrected chi connectivity index (χ4v) is 3.81. The van der Waals surface area contributed by atoms with E-state index in [-0.39, 0.29) is 0 Å². The van der Waals surface area contributed by atoms with Crippen molar-refractivity contribution in [1.82, 2.24) is 20.5 Å². The zero-order valence-corrected chi connectivity index (χ0v) is 15.9. The van der Waals surface area contributed by atoms with Crippen LogP contribution in [0.1, 0.15) is 42.5 Å². The van der Waals surface area contributed by atoms with E-state index in [2.05, 4.69) is 32.4 Å². The first-order chi connectivity index (χ1) is 11.8. The van der Waals surface area contributed by atoms with Gasteiger partial charge in [-0.3, -0.25) is 9.89 Å². The molecule has 0 atom stereocenters. The molecule has 0 bridgehead atoms. The second-order valence-corrected chi connectivity index (χ2v) is 8.12. The zero-order chi connectivity index (χ0) is 16.8. The number of hydrogen-bond acceptors (Lipinski definition) is 4. The van der Waals surface area contributed by atoms with Crippen LogP contribution < -0.4 is 10.6 Å². The van der Waals surface area contributed by atoms with Crippen molar-refractivity contribution >= 4 is 17.3 Å². The molecule has 24 heavy (non-hydrogen) atoms. The maximum absolute atomic E-state index is 4.47. The highest BCUT2D eigenvalue weighted by Crippen LogP contribution is 2.34. The Balaban J connectivity index is 1.32. The van der Waals surface area contributed by atoms with Gasteiger partial charge in [0.15, 0.2) is 5.96 Å². The predicted octanol–water partition coefficient (Wildman–Crippen LogP) is 2.29. The molecule has 1 aromatic rings. The second kappa shape index (κ2) is 8.81. The molecular weight excluding hydrogens is 318 g/mol. The molecule has 3 rings (SSSR count). The number of guanidine groups is 1. The highest BCUT2D eigenvalue weighted by atomic mass is 32.1. The Morgan fingerprint density at radius 3 is 2.71 bits per heavy atom. The standard InChI is InChI=1S/C18H31N5S/c1-3-16-12-22-17(24-16)8-9-20-18(19-2)21-10-11-23(15-6-7-15)13-14-4-5-14/h12,14-15H,3-11,13H2,1-2H3,(H2,19,20,21). The molecular formula is C18H31N5S. The van der Waals surface area contributed by atoms with Gasteiger partial charge in [0, 0.05) is 56.8 Å². The maximum atomic E-state index is 4.47. The van der Waals surface area contributed by atoms with E-state index in [4.69, 9.17) is 0 Å². The molecule has 2 fully saturated rings. The van der Waals surface area contributed by atoms with E-state index in [0.717, 1.165) is 50.4 Å². The van der Waals surface area contributed by atoms with E-state index in [9.17, 15) is 0 Å². The average Bonchev–Trinajstić information content (AvgIpc) is 3.51. The molecule has 0 aliphatic heterocycles. The van der Waals surface area contributed by atoms with Crippen LogP contribution in [0, 0.1) is 5.92 Å². The van der Waals surface area contributed by atoms with Gasteiger partial charge in [-0.15, -0.1) is 11.3 Å². The third-order valence-electron chi connectivity index (χ3n) is 4.75. The summed E-state index contributed by atoms with van der Waals surface area (Å²) in [7, 11) is 1.84. The lowest BCUT2D eigenvalue weighted by Crippen LogP contribution is -2.43. The molecule has 0 unspecified atom stereocenters. The number of aryl methyl sites for hydroxylation is 1. The minimum absolute atomic E-state index is 0.861. The van der Waals surface area contributed by atoms with Gasteiger partial charge >= 0.3 is 0 Å². The van der Waals surface area contributed by atoms with E-state index in [0.29, 0.717) is 0 Å². The molecule has 2 N–H and O–H groups in total. The average molecular weight is 350 g/mol. The molecule has 6 heteroatoms. The van der Waals surface area contributed by atoms with Gasteiger partial charge in [-0.25, -0.2) is 4.98 Å². The van der Waals surface area contributed by atoms with Crippen LogP contribution in [-0.2, 0) is 12.8 Å². The lowest BCUT2D eigenvalue weighted by Gasteiger charge is -2.22. The number of thiazole rings is 1. The summed E-state index contributed by atoms with van der Waals surface area (Å²) < 4.78 is 0. The Labute approximate surface area is 150 Å². The topological polar surface area (TPSA) is 52.6 Å². The summed E-state index contributed by atoms with van der Waals surface area (Å²) in [5.41, 5.74) is 0. The molecule has 0 saturated heterocycles. The minimum Gasteiger partial charge on any atom is -0.356 e. The van der Waals surface area contributed by atoms with E-state index in [1.54, 1.807) is 0 Å². The minimum atomic E-state index is 0.861. The van der Waals surface area contributed by atoms with E-state index >= 15 is 0 Å². The molecule has 0 amide bonds. The van der Waals surface area contributed by atoms with Gasteiger partial charge in [0.2, 0.25) is 0 Å². The highest BCUT2D eigenvalue weighted by molar-refractivity contribution is 7.11. The molecule has 1 aromatic heterocycles. The monoisotopic (exact) mass is 349 g/mol. The summed E-state index contributed by atoms with van der Waals surface area (Å²) in [4.78, 5) is 12.8. The number of hydrogen-bond donors (Lipinski definition) is 2. The molecule has 0 aromatic carbocycles. The van der Waals surface area contributed by atoms with Crippen LogP contribution in [0.2, 0.25) is 0 Å². The van der Waals surface area contributed by atoms with E-state index in [1.165, 1.54) is 42.1 Å². The van der Waals surface area contributed by atoms with Gasteiger partial charge in [-0.1, -0.05) is 6.92 Å². The van der Waals surface area contributed by atoms with Crippen molar-refractivity contribution in [2.75, 3.05) is 33.2 Å². The van der Waals surface area contributed by atoms with Crippen molar-refractivity contribution in [2.24, 2.45) is 10.9 Å². The number of aliphatic imine (C=N–C) groups is 1. The number of nitrogens with zero attached hydrogens (tertiary/aromatic N) is 3. The summed E-state index contributed by atoms with van der Waals surface area (Å²) in [6.07, 6.45) is 9.71. The maximum Gasteiger partial charge on any atom is 0.191 e. The molecule has 5 nitrogen and oxygen atoms in total. The van der Waals surface area contributed by atoms with E-state index < -0.39 is 0 Å². The Kier molecular flexibility index (Phi) is 6.49. The molecule has 2 aliphatic carbocycles. The van der Waals surface area contributed by atoms with Crippen LogP contribution >= 0.6 is 11.3 Å². The van der Waals surface area contributed by atoms with Crippen LogP contribution in [0.5, 0.6) is 0 Å². The van der Waals surface area contributed by atoms with Gasteiger partial charge in [-0.05, 0) is 38.0 Å². The molecule has 0 radical (unpaired) electrons. The molecule has 2 saturated carbocycles.